The molecule has 2 aliphatic heterocycles. The number of nitrogens with zero attached hydrogens (tertiary/aromatic N) is 1. The minimum atomic E-state index is -0.245. The maximum atomic E-state index is 12.7. The van der Waals surface area contributed by atoms with Gasteiger partial charge in [0, 0.05) is 12.1 Å². The van der Waals surface area contributed by atoms with Crippen LogP contribution >= 0.6 is 0 Å². The van der Waals surface area contributed by atoms with Gasteiger partial charge in [-0.25, -0.2) is 0 Å². The molecule has 2 aliphatic rings. The van der Waals surface area contributed by atoms with Gasteiger partial charge in [-0.2, -0.15) is 0 Å². The first-order valence-corrected chi connectivity index (χ1v) is 10.1. The van der Waals surface area contributed by atoms with E-state index < -0.39 is 0 Å². The van der Waals surface area contributed by atoms with Crippen LogP contribution < -0.4 is 0 Å². The van der Waals surface area contributed by atoms with E-state index in [-0.39, 0.29) is 30.1 Å². The van der Waals surface area contributed by atoms with Crippen molar-refractivity contribution in [2.45, 2.75) is 50.5 Å². The Morgan fingerprint density at radius 2 is 1.71 bits per heavy atom. The molecule has 0 radical (unpaired) electrons. The largest absolute Gasteiger partial charge is 0.469 e. The quantitative estimate of drug-likeness (QED) is 0.733. The number of fused-ring (bicyclic) bond motifs is 2. The molecular formula is C24H29NO3. The summed E-state index contributed by atoms with van der Waals surface area (Å²) in [5.74, 6) is -0.400. The molecule has 4 rings (SSSR count). The average molecular weight is 380 g/mol. The summed E-state index contributed by atoms with van der Waals surface area (Å²) in [6.45, 7) is 2.09. The van der Waals surface area contributed by atoms with Gasteiger partial charge in [0.2, 0.25) is 0 Å². The van der Waals surface area contributed by atoms with E-state index in [9.17, 15) is 4.79 Å². The molecule has 5 atom stereocenters. The number of hydrogen-bond acceptors (Lipinski definition) is 4. The van der Waals surface area contributed by atoms with Gasteiger partial charge in [-0.15, -0.1) is 0 Å². The Hall–Kier alpha value is -2.17. The molecule has 0 spiro atoms. The van der Waals surface area contributed by atoms with E-state index >= 15 is 0 Å². The number of rotatable bonds is 5. The second kappa shape index (κ2) is 8.06. The normalized spacial score (nSPS) is 28.1. The second-order valence-corrected chi connectivity index (χ2v) is 8.12. The molecule has 0 N–H and O–H groups in total. The molecule has 4 nitrogen and oxygen atoms in total. The summed E-state index contributed by atoms with van der Waals surface area (Å²) in [5, 5.41) is 0. The third-order valence-corrected chi connectivity index (χ3v) is 6.48. The van der Waals surface area contributed by atoms with Crippen LogP contribution in [0.2, 0.25) is 0 Å². The van der Waals surface area contributed by atoms with E-state index in [1.165, 1.54) is 12.7 Å². The van der Waals surface area contributed by atoms with Gasteiger partial charge in [-0.05, 0) is 44.4 Å². The van der Waals surface area contributed by atoms with Crippen molar-refractivity contribution in [3.63, 3.8) is 0 Å². The van der Waals surface area contributed by atoms with Crippen LogP contribution in [0.3, 0.4) is 0 Å². The molecule has 2 saturated heterocycles. The number of methoxy groups -OCH3 is 1. The summed E-state index contributed by atoms with van der Waals surface area (Å²) in [4.78, 5) is 15.0. The Bertz CT molecular complexity index is 804. The van der Waals surface area contributed by atoms with Crippen molar-refractivity contribution < 1.29 is 14.3 Å². The number of aryl methyl sites for hydroxylation is 1. The Morgan fingerprint density at radius 1 is 1.04 bits per heavy atom. The fourth-order valence-corrected chi connectivity index (χ4v) is 4.90. The molecule has 0 aromatic heterocycles. The summed E-state index contributed by atoms with van der Waals surface area (Å²) in [5.41, 5.74) is 3.45. The fraction of sp³-hybridized carbons (Fsp3) is 0.458. The molecule has 2 heterocycles. The van der Waals surface area contributed by atoms with Gasteiger partial charge in [-0.1, -0.05) is 60.2 Å². The molecule has 1 unspecified atom stereocenters. The van der Waals surface area contributed by atoms with Crippen LogP contribution in [0.25, 0.3) is 0 Å². The van der Waals surface area contributed by atoms with Crippen molar-refractivity contribution >= 4 is 5.97 Å². The number of carbonyl (C=O) groups excluding carboxylic acids is 1. The number of esters is 1. The highest BCUT2D eigenvalue weighted by molar-refractivity contribution is 5.74. The monoisotopic (exact) mass is 379 g/mol. The van der Waals surface area contributed by atoms with Gasteiger partial charge in [0.05, 0.1) is 19.1 Å². The summed E-state index contributed by atoms with van der Waals surface area (Å²) in [7, 11) is 3.61. The summed E-state index contributed by atoms with van der Waals surface area (Å²) in [6, 6.07) is 19.5. The Balaban J connectivity index is 1.67. The number of piperidine rings is 1. The first-order chi connectivity index (χ1) is 13.6. The van der Waals surface area contributed by atoms with Crippen molar-refractivity contribution in [3.05, 3.63) is 71.3 Å². The van der Waals surface area contributed by atoms with Gasteiger partial charge in [0.1, 0.15) is 6.10 Å². The van der Waals surface area contributed by atoms with E-state index in [0.717, 1.165) is 30.4 Å². The zero-order valence-corrected chi connectivity index (χ0v) is 16.9. The third kappa shape index (κ3) is 3.59. The molecule has 2 bridgehead atoms. The molecule has 0 saturated carbocycles. The van der Waals surface area contributed by atoms with Crippen molar-refractivity contribution in [2.24, 2.45) is 5.92 Å². The number of ether oxygens (including phenoxy) is 2. The molecule has 28 heavy (non-hydrogen) atoms. The van der Waals surface area contributed by atoms with Crippen molar-refractivity contribution in [1.82, 2.24) is 4.90 Å². The van der Waals surface area contributed by atoms with Crippen molar-refractivity contribution in [3.8, 4) is 0 Å². The van der Waals surface area contributed by atoms with Crippen molar-refractivity contribution in [1.29, 1.82) is 0 Å². The first kappa shape index (κ1) is 19.2. The SMILES string of the molecule is COC(=O)[C@@H]1[C@@H](OC(c2ccccc2)c2ccc(C)cc2)C[C@H]2CC[C@@H]1N2C. The van der Waals surface area contributed by atoms with Gasteiger partial charge < -0.3 is 9.47 Å². The summed E-state index contributed by atoms with van der Waals surface area (Å²) < 4.78 is 11.9. The first-order valence-electron chi connectivity index (χ1n) is 10.1. The highest BCUT2D eigenvalue weighted by atomic mass is 16.5. The Morgan fingerprint density at radius 3 is 2.39 bits per heavy atom. The molecule has 0 amide bonds. The zero-order valence-electron chi connectivity index (χ0n) is 16.9. The van der Waals surface area contributed by atoms with Crippen LogP contribution in [0.15, 0.2) is 54.6 Å². The topological polar surface area (TPSA) is 38.8 Å². The van der Waals surface area contributed by atoms with E-state index in [1.807, 2.05) is 18.2 Å². The van der Waals surface area contributed by atoms with Crippen LogP contribution in [-0.4, -0.2) is 43.2 Å². The average Bonchev–Trinajstić information content (AvgIpc) is 2.96. The highest BCUT2D eigenvalue weighted by Crippen LogP contribution is 2.42. The minimum Gasteiger partial charge on any atom is -0.469 e. The molecule has 2 fully saturated rings. The lowest BCUT2D eigenvalue weighted by molar-refractivity contribution is -0.162. The summed E-state index contributed by atoms with van der Waals surface area (Å²) in [6.07, 6.45) is 2.67. The highest BCUT2D eigenvalue weighted by Gasteiger charge is 2.50. The number of hydrogen-bond donors (Lipinski definition) is 0. The van der Waals surface area contributed by atoms with Crippen molar-refractivity contribution in [2.75, 3.05) is 14.2 Å². The Kier molecular flexibility index (Phi) is 5.51. The maximum Gasteiger partial charge on any atom is 0.312 e. The predicted octanol–water partition coefficient (Wildman–Crippen LogP) is 4.13. The van der Waals surface area contributed by atoms with Crippen LogP contribution in [0.4, 0.5) is 0 Å². The smallest absolute Gasteiger partial charge is 0.312 e. The minimum absolute atomic E-state index is 0.146. The molecule has 0 aliphatic carbocycles. The second-order valence-electron chi connectivity index (χ2n) is 8.12. The molecule has 4 heteroatoms. The molecule has 148 valence electrons. The number of benzene rings is 2. The lowest BCUT2D eigenvalue weighted by Crippen LogP contribution is -2.53. The van der Waals surface area contributed by atoms with E-state index in [0.29, 0.717) is 6.04 Å². The molecule has 2 aromatic carbocycles. The number of carbonyl (C=O) groups is 1. The standard InChI is InChI=1S/C24H29NO3/c1-16-9-11-18(12-10-16)23(17-7-5-4-6-8-17)28-21-15-19-13-14-20(25(19)2)22(21)24(26)27-3/h4-12,19-23H,13-15H2,1-3H3/t19-,20+,21+,22+,23?/m1/s1. The maximum absolute atomic E-state index is 12.7. The lowest BCUT2D eigenvalue weighted by Gasteiger charge is -2.42. The van der Waals surface area contributed by atoms with E-state index in [2.05, 4.69) is 55.3 Å². The summed E-state index contributed by atoms with van der Waals surface area (Å²) >= 11 is 0. The predicted molar refractivity (Wildman–Crippen MR) is 109 cm³/mol. The van der Waals surface area contributed by atoms with Crippen LogP contribution in [-0.2, 0) is 14.3 Å². The fourth-order valence-electron chi connectivity index (χ4n) is 4.90. The van der Waals surface area contributed by atoms with Crippen LogP contribution in [0.5, 0.6) is 0 Å². The molecular weight excluding hydrogens is 350 g/mol. The van der Waals surface area contributed by atoms with E-state index in [4.69, 9.17) is 9.47 Å². The Labute approximate surface area is 167 Å². The van der Waals surface area contributed by atoms with Crippen LogP contribution in [0.1, 0.15) is 42.1 Å². The van der Waals surface area contributed by atoms with Gasteiger partial charge >= 0.3 is 5.97 Å². The van der Waals surface area contributed by atoms with Gasteiger partial charge in [0.15, 0.2) is 0 Å². The lowest BCUT2D eigenvalue weighted by atomic mass is 9.87. The van der Waals surface area contributed by atoms with E-state index in [1.54, 1.807) is 0 Å². The molecule has 2 aromatic rings. The van der Waals surface area contributed by atoms with Gasteiger partial charge in [-0.3, -0.25) is 9.69 Å². The van der Waals surface area contributed by atoms with Gasteiger partial charge in [0.25, 0.3) is 0 Å². The van der Waals surface area contributed by atoms with Crippen LogP contribution in [0, 0.1) is 12.8 Å². The third-order valence-electron chi connectivity index (χ3n) is 6.48. The zero-order chi connectivity index (χ0) is 19.7.